The number of hydrogen-bond donors (Lipinski definition) is 2. The van der Waals surface area contributed by atoms with Crippen molar-refractivity contribution in [1.82, 2.24) is 19.6 Å². The molecular weight excluding hydrogens is 458 g/mol. The van der Waals surface area contributed by atoms with Crippen molar-refractivity contribution in [3.8, 4) is 0 Å². The molecule has 0 saturated carbocycles. The zero-order valence-corrected chi connectivity index (χ0v) is 18.4. The van der Waals surface area contributed by atoms with Crippen LogP contribution < -0.4 is 10.6 Å². The first-order chi connectivity index (χ1) is 15.0. The lowest BCUT2D eigenvalue weighted by Crippen LogP contribution is -2.18. The van der Waals surface area contributed by atoms with Crippen molar-refractivity contribution in [3.63, 3.8) is 0 Å². The molecule has 4 aromatic rings. The molecule has 4 rings (SSSR count). The quantitative estimate of drug-likeness (QED) is 0.364. The molecule has 0 amide bonds. The average Bonchev–Trinajstić information content (AvgIpc) is 3.35. The van der Waals surface area contributed by atoms with E-state index in [1.807, 2.05) is 12.3 Å². The Morgan fingerprint density at radius 2 is 1.52 bits per heavy atom. The molecule has 2 aromatic heterocycles. The monoisotopic (exact) mass is 474 g/mol. The van der Waals surface area contributed by atoms with Crippen LogP contribution in [0.5, 0.6) is 0 Å². The molecule has 0 aliphatic rings. The molecule has 0 fully saturated rings. The van der Waals surface area contributed by atoms with Crippen molar-refractivity contribution in [1.29, 1.82) is 0 Å². The Morgan fingerprint density at radius 3 is 2.13 bits per heavy atom. The van der Waals surface area contributed by atoms with Crippen LogP contribution in [0.1, 0.15) is 11.1 Å². The lowest BCUT2D eigenvalue weighted by molar-refractivity contribution is 0.585. The number of anilines is 2. The van der Waals surface area contributed by atoms with Gasteiger partial charge in [-0.1, -0.05) is 47.5 Å². The topological polar surface area (TPSA) is 59.7 Å². The minimum Gasteiger partial charge on any atom is -0.330 e. The Labute approximate surface area is 193 Å². The van der Waals surface area contributed by atoms with E-state index in [9.17, 15) is 4.39 Å². The molecule has 0 aliphatic carbocycles. The number of rotatable bonds is 6. The highest BCUT2D eigenvalue weighted by atomic mass is 35.5. The smallest absolute Gasteiger partial charge is 0.175 e. The zero-order valence-electron chi connectivity index (χ0n) is 16.1. The predicted octanol–water partition coefficient (Wildman–Crippen LogP) is 5.43. The van der Waals surface area contributed by atoms with Gasteiger partial charge in [-0.25, -0.2) is 4.39 Å². The molecule has 0 unspecified atom stereocenters. The van der Waals surface area contributed by atoms with Gasteiger partial charge in [0.2, 0.25) is 0 Å². The van der Waals surface area contributed by atoms with E-state index in [1.165, 1.54) is 6.07 Å². The van der Waals surface area contributed by atoms with E-state index >= 15 is 0 Å². The summed E-state index contributed by atoms with van der Waals surface area (Å²) in [6.45, 7) is 0.829. The van der Waals surface area contributed by atoms with Crippen LogP contribution in [0.3, 0.4) is 0 Å². The molecule has 2 N–H and O–H groups in total. The van der Waals surface area contributed by atoms with Gasteiger partial charge in [0.15, 0.2) is 5.11 Å². The summed E-state index contributed by atoms with van der Waals surface area (Å²) in [5, 5.41) is 16.2. The average molecular weight is 475 g/mol. The highest BCUT2D eigenvalue weighted by Crippen LogP contribution is 2.22. The number of nitrogens with one attached hydrogen (secondary N) is 2. The summed E-state index contributed by atoms with van der Waals surface area (Å²) in [5.41, 5.74) is 2.88. The van der Waals surface area contributed by atoms with E-state index in [-0.39, 0.29) is 5.82 Å². The van der Waals surface area contributed by atoms with Crippen molar-refractivity contribution in [2.45, 2.75) is 13.1 Å². The van der Waals surface area contributed by atoms with Crippen molar-refractivity contribution in [2.24, 2.45) is 0 Å². The second kappa shape index (κ2) is 9.47. The number of hydrogen-bond acceptors (Lipinski definition) is 3. The van der Waals surface area contributed by atoms with Crippen LogP contribution in [-0.2, 0) is 13.1 Å². The van der Waals surface area contributed by atoms with E-state index in [2.05, 4.69) is 20.8 Å². The fourth-order valence-corrected chi connectivity index (χ4v) is 3.65. The molecule has 6 nitrogen and oxygen atoms in total. The van der Waals surface area contributed by atoms with Gasteiger partial charge in [0, 0.05) is 28.0 Å². The van der Waals surface area contributed by atoms with E-state index in [0.29, 0.717) is 39.5 Å². The first kappa shape index (κ1) is 21.3. The van der Waals surface area contributed by atoms with Gasteiger partial charge in [-0.15, -0.1) is 0 Å². The maximum atomic E-state index is 13.8. The van der Waals surface area contributed by atoms with Crippen LogP contribution in [0, 0.1) is 5.82 Å². The molecule has 158 valence electrons. The molecule has 2 aromatic carbocycles. The van der Waals surface area contributed by atoms with Gasteiger partial charge in [-0.05, 0) is 36.0 Å². The minimum absolute atomic E-state index is 0.262. The summed E-state index contributed by atoms with van der Waals surface area (Å²) in [6.07, 6.45) is 6.87. The molecule has 0 saturated heterocycles. The van der Waals surface area contributed by atoms with Gasteiger partial charge < -0.3 is 10.6 Å². The van der Waals surface area contributed by atoms with Crippen LogP contribution in [-0.4, -0.2) is 24.7 Å². The third-order valence-electron chi connectivity index (χ3n) is 4.42. The lowest BCUT2D eigenvalue weighted by atomic mass is 10.2. The maximum Gasteiger partial charge on any atom is 0.175 e. The normalized spacial score (nSPS) is 10.8. The molecule has 31 heavy (non-hydrogen) atoms. The van der Waals surface area contributed by atoms with E-state index in [0.717, 1.165) is 11.3 Å². The molecule has 0 atom stereocenters. The predicted molar refractivity (Wildman–Crippen MR) is 125 cm³/mol. The van der Waals surface area contributed by atoms with Crippen molar-refractivity contribution < 1.29 is 4.39 Å². The molecule has 10 heteroatoms. The highest BCUT2D eigenvalue weighted by Gasteiger charge is 2.08. The standard InChI is InChI=1S/C21H17Cl2FN6S/c22-16-6-5-14(19(23)7-16)10-29-12-17(8-25-29)27-21(31)28-18-9-26-30(13-18)11-15-3-1-2-4-20(15)24/h1-9,12-13H,10-11H2,(H2,27,28,31). The largest absolute Gasteiger partial charge is 0.330 e. The van der Waals surface area contributed by atoms with Crippen molar-refractivity contribution in [3.05, 3.63) is 94.2 Å². The van der Waals surface area contributed by atoms with Crippen LogP contribution >= 0.6 is 35.4 Å². The van der Waals surface area contributed by atoms with E-state index in [1.54, 1.807) is 58.3 Å². The second-order valence-electron chi connectivity index (χ2n) is 6.76. The van der Waals surface area contributed by atoms with Crippen LogP contribution in [0.2, 0.25) is 10.0 Å². The summed E-state index contributed by atoms with van der Waals surface area (Å²) in [6, 6.07) is 12.0. The summed E-state index contributed by atoms with van der Waals surface area (Å²) in [4.78, 5) is 0. The first-order valence-corrected chi connectivity index (χ1v) is 10.4. The van der Waals surface area contributed by atoms with Gasteiger partial charge in [-0.3, -0.25) is 9.36 Å². The Morgan fingerprint density at radius 1 is 0.903 bits per heavy atom. The molecule has 0 spiro atoms. The number of aromatic nitrogens is 4. The van der Waals surface area contributed by atoms with Gasteiger partial charge >= 0.3 is 0 Å². The Balaban J connectivity index is 1.33. The highest BCUT2D eigenvalue weighted by molar-refractivity contribution is 7.80. The van der Waals surface area contributed by atoms with Crippen LogP contribution in [0.4, 0.5) is 15.8 Å². The molecule has 0 radical (unpaired) electrons. The molecule has 2 heterocycles. The lowest BCUT2D eigenvalue weighted by Gasteiger charge is -2.07. The third kappa shape index (κ3) is 5.61. The minimum atomic E-state index is -0.262. The number of benzene rings is 2. The number of nitrogens with zero attached hydrogens (tertiary/aromatic N) is 4. The molecule has 0 aliphatic heterocycles. The van der Waals surface area contributed by atoms with Gasteiger partial charge in [-0.2, -0.15) is 10.2 Å². The fourth-order valence-electron chi connectivity index (χ4n) is 2.95. The maximum absolute atomic E-state index is 13.8. The van der Waals surface area contributed by atoms with Gasteiger partial charge in [0.25, 0.3) is 0 Å². The molecule has 0 bridgehead atoms. The SMILES string of the molecule is Fc1ccccc1Cn1cc(NC(=S)Nc2cnn(Cc3ccc(Cl)cc3Cl)c2)cn1. The number of halogens is 3. The van der Waals surface area contributed by atoms with Crippen LogP contribution in [0.25, 0.3) is 0 Å². The van der Waals surface area contributed by atoms with Crippen molar-refractivity contribution in [2.75, 3.05) is 10.6 Å². The Kier molecular flexibility index (Phi) is 6.50. The summed E-state index contributed by atoms with van der Waals surface area (Å²) in [5.74, 6) is -0.262. The van der Waals surface area contributed by atoms with Gasteiger partial charge in [0.1, 0.15) is 5.82 Å². The number of thiocarbonyl (C=S) groups is 1. The summed E-state index contributed by atoms with van der Waals surface area (Å²) >= 11 is 17.5. The molecular formula is C21H17Cl2FN6S. The van der Waals surface area contributed by atoms with Gasteiger partial charge in [0.05, 0.1) is 36.9 Å². The second-order valence-corrected chi connectivity index (χ2v) is 8.01. The summed E-state index contributed by atoms with van der Waals surface area (Å²) in [7, 11) is 0. The third-order valence-corrected chi connectivity index (χ3v) is 5.21. The van der Waals surface area contributed by atoms with E-state index in [4.69, 9.17) is 35.4 Å². The first-order valence-electron chi connectivity index (χ1n) is 9.26. The Bertz CT molecular complexity index is 1220. The summed E-state index contributed by atoms with van der Waals surface area (Å²) < 4.78 is 17.2. The Hall–Kier alpha value is -2.94. The fraction of sp³-hybridized carbons (Fsp3) is 0.0952. The van der Waals surface area contributed by atoms with Crippen LogP contribution in [0.15, 0.2) is 67.3 Å². The van der Waals surface area contributed by atoms with E-state index < -0.39 is 0 Å². The zero-order chi connectivity index (χ0) is 21.8. The van der Waals surface area contributed by atoms with Crippen molar-refractivity contribution >= 4 is 51.9 Å².